The summed E-state index contributed by atoms with van der Waals surface area (Å²) in [6.45, 7) is 17.4. The molecule has 0 bridgehead atoms. The maximum absolute atomic E-state index is 12.1. The van der Waals surface area contributed by atoms with Crippen LogP contribution in [0.15, 0.2) is 339 Å². The summed E-state index contributed by atoms with van der Waals surface area (Å²) < 4.78 is 227. The van der Waals surface area contributed by atoms with Crippen LogP contribution in [0.3, 0.4) is 0 Å². The van der Waals surface area contributed by atoms with Crippen molar-refractivity contribution in [2.24, 2.45) is 0 Å². The van der Waals surface area contributed by atoms with Crippen molar-refractivity contribution in [1.82, 2.24) is 9.13 Å². The van der Waals surface area contributed by atoms with Gasteiger partial charge in [0.05, 0.1) is 0 Å². The van der Waals surface area contributed by atoms with E-state index >= 15 is 0 Å². The number of hydrogen-bond acceptors (Lipinski definition) is 2. The molecule has 0 radical (unpaired) electrons. The van der Waals surface area contributed by atoms with Gasteiger partial charge in [0.2, 0.25) is 0 Å². The molecule has 19 aromatic rings. The fourth-order valence-corrected chi connectivity index (χ4v) is 21.5. The molecule has 0 unspecified atom stereocenters. The molecule has 0 fully saturated rings. The molecule has 6 heterocycles. The average Bonchev–Trinajstić information content (AvgIpc) is 1.38. The first-order valence-electron chi connectivity index (χ1n) is 48.9. The predicted octanol–water partition coefficient (Wildman–Crippen LogP) is 26.3. The molecule has 0 spiro atoms. The van der Waals surface area contributed by atoms with E-state index in [9.17, 15) is 24.7 Å². The normalized spacial score (nSPS) is 15.7. The van der Waals surface area contributed by atoms with Gasteiger partial charge < -0.3 is 0 Å². The van der Waals surface area contributed by atoms with E-state index in [-0.39, 0.29) is 106 Å². The number of benzene rings is 15. The number of aromatic nitrogens is 2. The third kappa shape index (κ3) is 11.3. The van der Waals surface area contributed by atoms with Crippen LogP contribution >= 0.6 is 0 Å². The van der Waals surface area contributed by atoms with Crippen molar-refractivity contribution in [3.8, 4) is 78.1 Å². The minimum atomic E-state index is -1.61. The standard InChI is InChI=1S/C106H83BN4Se2/c1-104(2,3)74-58-83(68-36-18-12-19-37-68)100(85(60-74)72-42-30-40-70(56-72)66-32-14-10-15-33-66)110-91-64-77(108-89-48-26-22-44-79(89)97-81-46-24-28-50-95(81)112-102(97)108)52-54-87(91)107-88-55-53-78(109-90-49-27-23-45-80(90)98-82-47-25-29-51-96(82)113-103(98)109)65-92(88)111(94-63-76(106(7,8)9)62-93(110)99(94)107)101-84(69-38-20-13-21-39-69)59-75(105(4,5)6)61-86(101)73-43-31-41-71(57-73)67-34-16-11-17-35-67/h10-65H,1-9H3/i22D,23D,24D,25D,26D,27D,28D,29D,44D,45D,46D,47D,48D,49D,50D,51D,52D,53D,54D,55D,64D,65D. The third-order valence-corrected chi connectivity index (χ3v) is 26.9. The predicted molar refractivity (Wildman–Crippen MR) is 487 cm³/mol. The summed E-state index contributed by atoms with van der Waals surface area (Å²) in [7, 11) is 0. The summed E-state index contributed by atoms with van der Waals surface area (Å²) in [4.78, 5) is 3.99. The van der Waals surface area contributed by atoms with Gasteiger partial charge in [0.1, 0.15) is 0 Å². The number of rotatable bonds is 10. The molecule has 0 saturated carbocycles. The van der Waals surface area contributed by atoms with Gasteiger partial charge in [-0.05, 0) is 0 Å². The van der Waals surface area contributed by atoms with E-state index in [1.165, 1.54) is 9.13 Å². The molecule has 0 aliphatic carbocycles. The average molecular weight is 1600 g/mol. The van der Waals surface area contributed by atoms with E-state index in [4.69, 9.17) is 5.48 Å². The molecule has 542 valence electrons. The quantitative estimate of drug-likeness (QED) is 0.127. The van der Waals surface area contributed by atoms with Gasteiger partial charge in [0, 0.05) is 0 Å². The Kier molecular flexibility index (Phi) is 11.5. The van der Waals surface area contributed by atoms with E-state index in [0.29, 0.717) is 78.3 Å². The molecule has 113 heavy (non-hydrogen) atoms. The molecular weight excluding hydrogens is 1500 g/mol. The van der Waals surface area contributed by atoms with Gasteiger partial charge in [-0.15, -0.1) is 0 Å². The Morgan fingerprint density at radius 2 is 0.628 bits per heavy atom. The summed E-state index contributed by atoms with van der Waals surface area (Å²) in [6.07, 6.45) is 0. The molecule has 0 N–H and O–H groups in total. The van der Waals surface area contributed by atoms with Crippen molar-refractivity contribution in [2.45, 2.75) is 78.6 Å². The second-order valence-electron chi connectivity index (χ2n) is 32.3. The van der Waals surface area contributed by atoms with E-state index in [1.54, 1.807) is 0 Å². The maximum atomic E-state index is 12.1. The molecule has 0 atom stereocenters. The van der Waals surface area contributed by atoms with Crippen molar-refractivity contribution < 1.29 is 30.2 Å². The Balaban J connectivity index is 1.03. The van der Waals surface area contributed by atoms with Crippen LogP contribution in [-0.4, -0.2) is 44.9 Å². The Bertz CT molecular complexity index is 7980. The molecule has 15 aromatic carbocycles. The second kappa shape index (κ2) is 26.4. The molecule has 4 nitrogen and oxygen atoms in total. The zero-order valence-electron chi connectivity index (χ0n) is 85.3. The van der Waals surface area contributed by atoms with Crippen LogP contribution in [0.1, 0.15) is 109 Å². The van der Waals surface area contributed by atoms with Crippen LogP contribution in [0.25, 0.3) is 139 Å². The van der Waals surface area contributed by atoms with Gasteiger partial charge in [0.25, 0.3) is 0 Å². The minimum absolute atomic E-state index is 0.00720. The zero-order valence-corrected chi connectivity index (χ0v) is 66.7. The van der Waals surface area contributed by atoms with E-state index < -0.39 is 173 Å². The number of nitrogens with zero attached hydrogens (tertiary/aromatic N) is 4. The number of anilines is 6. The van der Waals surface area contributed by atoms with Crippen molar-refractivity contribution in [2.75, 3.05) is 9.80 Å². The third-order valence-electron chi connectivity index (χ3n) is 22.3. The molecule has 21 rings (SSSR count). The fraction of sp³-hybridized carbons (Fsp3) is 0.113. The van der Waals surface area contributed by atoms with Gasteiger partial charge in [-0.2, -0.15) is 0 Å². The molecule has 7 heteroatoms. The van der Waals surface area contributed by atoms with Crippen molar-refractivity contribution in [3.63, 3.8) is 0 Å². The first-order chi connectivity index (χ1) is 64.1. The molecule has 0 amide bonds. The van der Waals surface area contributed by atoms with Gasteiger partial charge in [-0.3, -0.25) is 0 Å². The molecular formula is C106H83BN4Se2. The topological polar surface area (TPSA) is 16.3 Å². The number of hydrogen-bond donors (Lipinski definition) is 0. The summed E-state index contributed by atoms with van der Waals surface area (Å²) in [6, 6.07) is 56.2. The summed E-state index contributed by atoms with van der Waals surface area (Å²) in [5, 5.41) is -0.190. The molecule has 2 aliphatic heterocycles. The van der Waals surface area contributed by atoms with Crippen LogP contribution in [0.4, 0.5) is 34.1 Å². The van der Waals surface area contributed by atoms with E-state index in [0.717, 1.165) is 33.4 Å². The number of para-hydroxylation sites is 2. The van der Waals surface area contributed by atoms with Crippen molar-refractivity contribution >= 4 is 147 Å². The van der Waals surface area contributed by atoms with Crippen LogP contribution in [-0.2, 0) is 16.2 Å². The fourth-order valence-electron chi connectivity index (χ4n) is 16.7. The second-order valence-corrected chi connectivity index (χ2v) is 36.5. The first-order valence-corrected chi connectivity index (χ1v) is 41.3. The van der Waals surface area contributed by atoms with Crippen LogP contribution in [0.5, 0.6) is 0 Å². The first kappa shape index (κ1) is 49.5. The zero-order chi connectivity index (χ0) is 95.5. The molecule has 4 aromatic heterocycles. The van der Waals surface area contributed by atoms with E-state index in [1.807, 2.05) is 168 Å². The van der Waals surface area contributed by atoms with Gasteiger partial charge in [-0.25, -0.2) is 0 Å². The Morgan fingerprint density at radius 1 is 0.301 bits per heavy atom. The van der Waals surface area contributed by atoms with Gasteiger partial charge in [-0.1, -0.05) is 60.7 Å². The van der Waals surface area contributed by atoms with Crippen LogP contribution in [0.2, 0.25) is 0 Å². The number of fused-ring (bicyclic) bond motifs is 14. The Labute approximate surface area is 704 Å². The SMILES string of the molecule is [2H]c1c([2H])c(-n2c3[se]c4c([2H])c([2H])c([2H])c([2H])c4c3c3c([2H])c([2H])c([2H])c([2H])c32)c([2H])c2c1B1c3c(cc(C(C)(C)C)cc3N(c3c(-c4ccccc4)cc(C(C)(C)C)cc3-c3cccc(-c4ccccc4)c3)c3c([2H])c(-n4c5[se]c6c([2H])c([2H])c([2H])c([2H])c6c5c5c([2H])c([2H])c([2H])c([2H])c54)c([2H])c([2H])c31)N2c1c(-c2ccccc2)cc(C(C)(C)C)cc1-c1cccc(-c2ccccc2)c1. The van der Waals surface area contributed by atoms with Crippen molar-refractivity contribution in [3.05, 3.63) is 356 Å². The summed E-state index contributed by atoms with van der Waals surface area (Å²) in [5.41, 5.74) is 9.70. The summed E-state index contributed by atoms with van der Waals surface area (Å²) >= 11 is -2.47. The van der Waals surface area contributed by atoms with Gasteiger partial charge >= 0.3 is 648 Å². The van der Waals surface area contributed by atoms with Gasteiger partial charge in [0.15, 0.2) is 0 Å². The molecule has 2 aliphatic rings. The Hall–Kier alpha value is -11.9. The molecule has 0 saturated heterocycles. The summed E-state index contributed by atoms with van der Waals surface area (Å²) in [5.74, 6) is 0. The van der Waals surface area contributed by atoms with Crippen molar-refractivity contribution in [1.29, 1.82) is 0 Å². The van der Waals surface area contributed by atoms with Crippen LogP contribution < -0.4 is 26.2 Å². The monoisotopic (exact) mass is 1600 g/mol. The van der Waals surface area contributed by atoms with E-state index in [2.05, 4.69) is 111 Å². The van der Waals surface area contributed by atoms with Crippen LogP contribution in [0, 0.1) is 0 Å². The Morgan fingerprint density at radius 3 is 1.02 bits per heavy atom.